The fourth-order valence-corrected chi connectivity index (χ4v) is 0.783. The summed E-state index contributed by atoms with van der Waals surface area (Å²) in [6.45, 7) is 0. The van der Waals surface area contributed by atoms with E-state index in [0.717, 1.165) is 0 Å². The molecular weight excluding hydrogens is 168 g/mol. The van der Waals surface area contributed by atoms with Gasteiger partial charge in [0, 0.05) is 6.08 Å². The van der Waals surface area contributed by atoms with Crippen LogP contribution < -0.4 is 5.73 Å². The summed E-state index contributed by atoms with van der Waals surface area (Å²) in [5, 5.41) is 0. The lowest BCUT2D eigenvalue weighted by Crippen LogP contribution is -1.94. The van der Waals surface area contributed by atoms with Crippen LogP contribution in [0.25, 0.3) is 6.08 Å². The average Bonchev–Trinajstić information content (AvgIpc) is 2.14. The molecule has 0 saturated heterocycles. The summed E-state index contributed by atoms with van der Waals surface area (Å²) in [6.07, 6.45) is 2.84. The number of carbonyl (C=O) groups excluding carboxylic acids is 1. The first kappa shape index (κ1) is 9.25. The molecule has 0 radical (unpaired) electrons. The van der Waals surface area contributed by atoms with Crippen molar-refractivity contribution in [3.63, 3.8) is 0 Å². The molecule has 1 heterocycles. The van der Waals surface area contributed by atoms with Gasteiger partial charge in [0.2, 0.25) is 0 Å². The van der Waals surface area contributed by atoms with E-state index in [2.05, 4.69) is 9.72 Å². The molecule has 0 saturated carbocycles. The van der Waals surface area contributed by atoms with E-state index in [-0.39, 0.29) is 0 Å². The van der Waals surface area contributed by atoms with E-state index < -0.39 is 5.97 Å². The number of anilines is 1. The number of hydrogen-bond donors (Lipinski definition) is 1. The van der Waals surface area contributed by atoms with Crippen molar-refractivity contribution in [2.24, 2.45) is 0 Å². The zero-order valence-electron chi connectivity index (χ0n) is 7.23. The Morgan fingerprint density at radius 1 is 1.62 bits per heavy atom. The van der Waals surface area contributed by atoms with Gasteiger partial charge in [0.05, 0.1) is 12.8 Å². The molecule has 4 nitrogen and oxygen atoms in total. The standard InChI is InChI=1S/C9H10N2O2/c1-13-9(12)6-5-7-3-2-4-8(10)11-7/h2-6H,1H3,(H2,10,11)/b6-5+. The van der Waals surface area contributed by atoms with E-state index in [1.165, 1.54) is 13.2 Å². The third-order valence-electron chi connectivity index (χ3n) is 1.38. The topological polar surface area (TPSA) is 65.2 Å². The van der Waals surface area contributed by atoms with E-state index in [9.17, 15) is 4.79 Å². The molecule has 0 amide bonds. The maximum atomic E-state index is 10.7. The molecule has 0 spiro atoms. The molecule has 0 unspecified atom stereocenters. The summed E-state index contributed by atoms with van der Waals surface area (Å²) in [6, 6.07) is 5.19. The molecule has 0 aliphatic heterocycles. The lowest BCUT2D eigenvalue weighted by Gasteiger charge is -1.94. The molecule has 1 aromatic heterocycles. The first-order valence-corrected chi connectivity index (χ1v) is 3.71. The van der Waals surface area contributed by atoms with Crippen LogP contribution in [0.5, 0.6) is 0 Å². The predicted octanol–water partition coefficient (Wildman–Crippen LogP) is 0.850. The van der Waals surface area contributed by atoms with Crippen molar-refractivity contribution < 1.29 is 9.53 Å². The van der Waals surface area contributed by atoms with E-state index >= 15 is 0 Å². The number of nitrogen functional groups attached to an aromatic ring is 1. The number of ether oxygens (including phenoxy) is 1. The molecule has 0 atom stereocenters. The summed E-state index contributed by atoms with van der Waals surface area (Å²) in [5.74, 6) is 0.0104. The van der Waals surface area contributed by atoms with Crippen LogP contribution in [-0.2, 0) is 9.53 Å². The van der Waals surface area contributed by atoms with Crippen LogP contribution in [0.3, 0.4) is 0 Å². The minimum atomic E-state index is -0.413. The number of pyridine rings is 1. The highest BCUT2D eigenvalue weighted by molar-refractivity contribution is 5.86. The van der Waals surface area contributed by atoms with Gasteiger partial charge in [0.15, 0.2) is 0 Å². The Bertz CT molecular complexity index is 334. The highest BCUT2D eigenvalue weighted by Gasteiger charge is 1.92. The lowest BCUT2D eigenvalue weighted by molar-refractivity contribution is -0.134. The highest BCUT2D eigenvalue weighted by atomic mass is 16.5. The minimum Gasteiger partial charge on any atom is -0.466 e. The van der Waals surface area contributed by atoms with Crippen molar-refractivity contribution in [2.75, 3.05) is 12.8 Å². The Morgan fingerprint density at radius 2 is 2.38 bits per heavy atom. The first-order valence-electron chi connectivity index (χ1n) is 3.71. The van der Waals surface area contributed by atoms with Crippen molar-refractivity contribution in [1.29, 1.82) is 0 Å². The number of rotatable bonds is 2. The Kier molecular flexibility index (Phi) is 3.03. The largest absolute Gasteiger partial charge is 0.466 e. The van der Waals surface area contributed by atoms with Crippen LogP contribution in [0, 0.1) is 0 Å². The van der Waals surface area contributed by atoms with Gasteiger partial charge in [-0.3, -0.25) is 0 Å². The van der Waals surface area contributed by atoms with Gasteiger partial charge in [-0.2, -0.15) is 0 Å². The third kappa shape index (κ3) is 2.94. The van der Waals surface area contributed by atoms with Crippen LogP contribution in [0.15, 0.2) is 24.3 Å². The number of esters is 1. The van der Waals surface area contributed by atoms with E-state index in [1.54, 1.807) is 24.3 Å². The van der Waals surface area contributed by atoms with Crippen molar-refractivity contribution in [2.45, 2.75) is 0 Å². The van der Waals surface area contributed by atoms with Gasteiger partial charge in [0.25, 0.3) is 0 Å². The van der Waals surface area contributed by atoms with Gasteiger partial charge in [-0.05, 0) is 18.2 Å². The molecule has 68 valence electrons. The molecule has 1 rings (SSSR count). The monoisotopic (exact) mass is 178 g/mol. The van der Waals surface area contributed by atoms with Gasteiger partial charge < -0.3 is 10.5 Å². The molecule has 2 N–H and O–H groups in total. The van der Waals surface area contributed by atoms with Crippen LogP contribution >= 0.6 is 0 Å². The number of carbonyl (C=O) groups is 1. The molecule has 0 bridgehead atoms. The van der Waals surface area contributed by atoms with Gasteiger partial charge in [-0.1, -0.05) is 6.07 Å². The smallest absolute Gasteiger partial charge is 0.330 e. The van der Waals surface area contributed by atoms with E-state index in [4.69, 9.17) is 5.73 Å². The van der Waals surface area contributed by atoms with Crippen molar-refractivity contribution in [3.05, 3.63) is 30.0 Å². The van der Waals surface area contributed by atoms with Crippen molar-refractivity contribution >= 4 is 17.9 Å². The summed E-state index contributed by atoms with van der Waals surface area (Å²) >= 11 is 0. The average molecular weight is 178 g/mol. The number of nitrogens with zero attached hydrogens (tertiary/aromatic N) is 1. The highest BCUT2D eigenvalue weighted by Crippen LogP contribution is 2.02. The third-order valence-corrected chi connectivity index (χ3v) is 1.38. The molecular formula is C9H10N2O2. The zero-order valence-corrected chi connectivity index (χ0v) is 7.23. The number of nitrogens with two attached hydrogens (primary N) is 1. The van der Waals surface area contributed by atoms with Crippen LogP contribution in [0.4, 0.5) is 5.82 Å². The van der Waals surface area contributed by atoms with Crippen LogP contribution in [-0.4, -0.2) is 18.1 Å². The molecule has 1 aromatic rings. The number of hydrogen-bond acceptors (Lipinski definition) is 4. The summed E-state index contributed by atoms with van der Waals surface area (Å²) in [7, 11) is 1.32. The van der Waals surface area contributed by atoms with Crippen LogP contribution in [0.2, 0.25) is 0 Å². The fourth-order valence-electron chi connectivity index (χ4n) is 0.783. The fraction of sp³-hybridized carbons (Fsp3) is 0.111. The summed E-state index contributed by atoms with van der Waals surface area (Å²) < 4.78 is 4.42. The van der Waals surface area contributed by atoms with E-state index in [0.29, 0.717) is 11.5 Å². The van der Waals surface area contributed by atoms with Gasteiger partial charge in [-0.25, -0.2) is 9.78 Å². The van der Waals surface area contributed by atoms with Crippen molar-refractivity contribution in [3.8, 4) is 0 Å². The normalized spacial score (nSPS) is 10.2. The number of aromatic nitrogens is 1. The minimum absolute atomic E-state index is 0.413. The van der Waals surface area contributed by atoms with Gasteiger partial charge >= 0.3 is 5.97 Å². The predicted molar refractivity (Wildman–Crippen MR) is 49.7 cm³/mol. The Labute approximate surface area is 76.0 Å². The maximum Gasteiger partial charge on any atom is 0.330 e. The molecule has 0 fully saturated rings. The van der Waals surface area contributed by atoms with E-state index in [1.807, 2.05) is 0 Å². The summed E-state index contributed by atoms with van der Waals surface area (Å²) in [5.41, 5.74) is 6.07. The second-order valence-electron chi connectivity index (χ2n) is 2.34. The SMILES string of the molecule is COC(=O)/C=C/c1cccc(N)n1. The Morgan fingerprint density at radius 3 is 3.00 bits per heavy atom. The Balaban J connectivity index is 2.74. The lowest BCUT2D eigenvalue weighted by atomic mass is 10.3. The second-order valence-corrected chi connectivity index (χ2v) is 2.34. The molecule has 0 aliphatic rings. The van der Waals surface area contributed by atoms with Gasteiger partial charge in [0.1, 0.15) is 5.82 Å². The zero-order chi connectivity index (χ0) is 9.68. The van der Waals surface area contributed by atoms with Gasteiger partial charge in [-0.15, -0.1) is 0 Å². The molecule has 0 aliphatic carbocycles. The second kappa shape index (κ2) is 4.25. The quantitative estimate of drug-likeness (QED) is 0.538. The molecule has 4 heteroatoms. The van der Waals surface area contributed by atoms with Crippen molar-refractivity contribution in [1.82, 2.24) is 4.98 Å². The van der Waals surface area contributed by atoms with Crippen LogP contribution in [0.1, 0.15) is 5.69 Å². The first-order chi connectivity index (χ1) is 6.22. The maximum absolute atomic E-state index is 10.7. The summed E-state index contributed by atoms with van der Waals surface area (Å²) in [4.78, 5) is 14.7. The molecule has 13 heavy (non-hydrogen) atoms. The molecule has 0 aromatic carbocycles. The Hall–Kier alpha value is -1.84. The number of methoxy groups -OCH3 is 1.